The Morgan fingerprint density at radius 2 is 0.967 bits per heavy atom. The van der Waals surface area contributed by atoms with E-state index >= 15 is 0 Å². The summed E-state index contributed by atoms with van der Waals surface area (Å²) in [6, 6.07) is 16.5. The number of para-hydroxylation sites is 2. The van der Waals surface area contributed by atoms with E-state index < -0.39 is 0 Å². The summed E-state index contributed by atoms with van der Waals surface area (Å²) in [5.41, 5.74) is 10.4. The van der Waals surface area contributed by atoms with E-state index in [4.69, 9.17) is 15.0 Å². The van der Waals surface area contributed by atoms with Gasteiger partial charge in [-0.2, -0.15) is 0 Å². The van der Waals surface area contributed by atoms with Crippen molar-refractivity contribution in [2.24, 2.45) is 9.98 Å². The molecule has 0 aliphatic heterocycles. The van der Waals surface area contributed by atoms with Gasteiger partial charge in [0.05, 0.1) is 11.4 Å². The van der Waals surface area contributed by atoms with Crippen LogP contribution in [0.25, 0.3) is 0 Å². The van der Waals surface area contributed by atoms with Crippen LogP contribution in [0.5, 0.6) is 0 Å². The van der Waals surface area contributed by atoms with Crippen molar-refractivity contribution in [2.75, 3.05) is 0 Å². The molecule has 159 valence electrons. The van der Waals surface area contributed by atoms with Crippen LogP contribution in [0.4, 0.5) is 11.4 Å². The summed E-state index contributed by atoms with van der Waals surface area (Å²) in [6.07, 6.45) is 0. The Bertz CT molecular complexity index is 946. The SMILES string of the molecule is CC(=Nc1c(C)cccc1C)c1ccc(C(C)=Nc2c(C)cccc2C)[n-]1.[Br][Fe+][Br]. The quantitative estimate of drug-likeness (QED) is 0.232. The number of hydrogen-bond acceptors (Lipinski definition) is 2. The monoisotopic (exact) mass is 570 g/mol. The van der Waals surface area contributed by atoms with Crippen molar-refractivity contribution in [3.05, 3.63) is 82.2 Å². The van der Waals surface area contributed by atoms with Crippen molar-refractivity contribution in [1.82, 2.24) is 4.98 Å². The first-order valence-corrected chi connectivity index (χ1v) is 15.0. The minimum atomic E-state index is 0.875. The minimum absolute atomic E-state index is 0.875. The summed E-state index contributed by atoms with van der Waals surface area (Å²) in [5.74, 6) is 0. The number of benzene rings is 2. The molecule has 0 aliphatic carbocycles. The zero-order valence-corrected chi connectivity index (χ0v) is 22.3. The Labute approximate surface area is 200 Å². The van der Waals surface area contributed by atoms with Gasteiger partial charge >= 0.3 is 39.6 Å². The molecule has 1 heterocycles. The van der Waals surface area contributed by atoms with Gasteiger partial charge in [-0.1, -0.05) is 48.5 Å². The Morgan fingerprint density at radius 1 is 0.667 bits per heavy atom. The van der Waals surface area contributed by atoms with Crippen LogP contribution in [0.1, 0.15) is 47.5 Å². The third-order valence-electron chi connectivity index (χ3n) is 4.82. The standard InChI is InChI=1S/C24H26N3.2BrH.Fe/c1-15-9-7-10-16(2)23(15)25-19(5)21-13-14-22(27-21)20(6)26-24-17(3)11-8-12-18(24)4;;;/h7-14H,1-6H3;2*1H;/q-1;;;+3/p-2. The van der Waals surface area contributed by atoms with E-state index in [1.165, 1.54) is 22.3 Å². The number of hydrogen-bond donors (Lipinski definition) is 0. The van der Waals surface area contributed by atoms with Crippen LogP contribution in [0, 0.1) is 27.7 Å². The molecule has 0 bridgehead atoms. The van der Waals surface area contributed by atoms with Crippen molar-refractivity contribution in [3.8, 4) is 0 Å². The molecule has 0 N–H and O–H groups in total. The summed E-state index contributed by atoms with van der Waals surface area (Å²) < 4.78 is 0. The molecule has 3 aromatic rings. The molecule has 0 fully saturated rings. The Balaban J connectivity index is 0.00000101. The molecule has 3 rings (SSSR count). The van der Waals surface area contributed by atoms with Gasteiger partial charge in [-0.15, -0.1) is 11.4 Å². The van der Waals surface area contributed by atoms with Gasteiger partial charge in [0.1, 0.15) is 0 Å². The van der Waals surface area contributed by atoms with Crippen LogP contribution in [-0.4, -0.2) is 11.4 Å². The van der Waals surface area contributed by atoms with E-state index in [9.17, 15) is 0 Å². The average Bonchev–Trinajstić information content (AvgIpc) is 3.19. The summed E-state index contributed by atoms with van der Waals surface area (Å²) in [4.78, 5) is 14.4. The number of aliphatic imine (C=N–C) groups is 2. The molecule has 0 spiro atoms. The molecule has 0 aliphatic rings. The fourth-order valence-electron chi connectivity index (χ4n) is 3.18. The van der Waals surface area contributed by atoms with Crippen molar-refractivity contribution in [3.63, 3.8) is 0 Å². The van der Waals surface area contributed by atoms with E-state index in [1.54, 1.807) is 0 Å². The molecule has 0 saturated carbocycles. The molecule has 0 amide bonds. The number of halogens is 2. The zero-order chi connectivity index (χ0) is 22.3. The van der Waals surface area contributed by atoms with Gasteiger partial charge in [-0.05, 0) is 63.8 Å². The van der Waals surface area contributed by atoms with Gasteiger partial charge in [0.15, 0.2) is 0 Å². The third-order valence-corrected chi connectivity index (χ3v) is 4.82. The number of aromatic nitrogens is 1. The molecule has 1 aromatic heterocycles. The average molecular weight is 572 g/mol. The molecule has 0 unspecified atom stereocenters. The van der Waals surface area contributed by atoms with Gasteiger partial charge in [0.25, 0.3) is 0 Å². The van der Waals surface area contributed by atoms with Gasteiger partial charge in [0, 0.05) is 11.4 Å². The molecule has 0 atom stereocenters. The Kier molecular flexibility index (Phi) is 9.76. The molecule has 2 aromatic carbocycles. The van der Waals surface area contributed by atoms with Gasteiger partial charge in [-0.25, -0.2) is 0 Å². The van der Waals surface area contributed by atoms with Gasteiger partial charge in [-0.3, -0.25) is 9.98 Å². The van der Waals surface area contributed by atoms with Crippen LogP contribution < -0.4 is 4.98 Å². The van der Waals surface area contributed by atoms with E-state index in [1.807, 2.05) is 26.0 Å². The molecule has 30 heavy (non-hydrogen) atoms. The van der Waals surface area contributed by atoms with Crippen LogP contribution in [0.2, 0.25) is 0 Å². The first kappa shape index (κ1) is 24.8. The molecule has 0 radical (unpaired) electrons. The fourth-order valence-corrected chi connectivity index (χ4v) is 3.18. The first-order valence-electron chi connectivity index (χ1n) is 9.51. The van der Waals surface area contributed by atoms with Crippen LogP contribution in [0.3, 0.4) is 0 Å². The molecule has 0 saturated heterocycles. The van der Waals surface area contributed by atoms with Crippen molar-refractivity contribution in [2.45, 2.75) is 41.5 Å². The third kappa shape index (κ3) is 6.52. The Hall–Kier alpha value is -1.46. The van der Waals surface area contributed by atoms with E-state index in [2.05, 4.69) is 92.3 Å². The van der Waals surface area contributed by atoms with Crippen molar-refractivity contribution >= 4 is 51.0 Å². The zero-order valence-electron chi connectivity index (χ0n) is 18.1. The van der Waals surface area contributed by atoms with E-state index in [-0.39, 0.29) is 0 Å². The van der Waals surface area contributed by atoms with E-state index in [0.717, 1.165) is 45.5 Å². The normalized spacial score (nSPS) is 11.9. The Morgan fingerprint density at radius 3 is 1.27 bits per heavy atom. The van der Waals surface area contributed by atoms with Crippen LogP contribution in [0.15, 0.2) is 58.5 Å². The van der Waals surface area contributed by atoms with Gasteiger partial charge in [0.2, 0.25) is 0 Å². The summed E-state index contributed by atoms with van der Waals surface area (Å²) in [7, 11) is 0. The van der Waals surface area contributed by atoms with E-state index in [0.29, 0.717) is 0 Å². The van der Waals surface area contributed by atoms with Gasteiger partial charge < -0.3 is 4.98 Å². The molecule has 3 nitrogen and oxygen atoms in total. The molecular formula is C24H26Br2FeN3. The fraction of sp³-hybridized carbons (Fsp3) is 0.250. The molecule has 6 heteroatoms. The second kappa shape index (κ2) is 11.8. The maximum atomic E-state index is 4.83. The van der Waals surface area contributed by atoms with Crippen molar-refractivity contribution < 1.29 is 11.3 Å². The summed E-state index contributed by atoms with van der Waals surface area (Å²) in [5, 5.41) is 0. The molecular weight excluding hydrogens is 546 g/mol. The number of aryl methyl sites for hydroxylation is 4. The number of nitrogens with zero attached hydrogens (tertiary/aromatic N) is 3. The summed E-state index contributed by atoms with van der Waals surface area (Å²) >= 11 is 7.00. The van der Waals surface area contributed by atoms with Crippen LogP contribution >= 0.6 is 28.2 Å². The van der Waals surface area contributed by atoms with Crippen LogP contribution in [-0.2, 0) is 11.3 Å². The second-order valence-electron chi connectivity index (χ2n) is 7.14. The predicted octanol–water partition coefficient (Wildman–Crippen LogP) is 7.85. The summed E-state index contributed by atoms with van der Waals surface area (Å²) in [6.45, 7) is 12.4. The number of rotatable bonds is 4. The maximum absolute atomic E-state index is 4.83. The topological polar surface area (TPSA) is 38.8 Å². The predicted molar refractivity (Wildman–Crippen MR) is 133 cm³/mol. The second-order valence-corrected chi connectivity index (χ2v) is 12.7. The first-order chi connectivity index (χ1) is 14.3. The van der Waals surface area contributed by atoms with Crippen molar-refractivity contribution in [1.29, 1.82) is 0 Å².